The van der Waals surface area contributed by atoms with Crippen molar-refractivity contribution in [2.24, 2.45) is 0 Å². The number of para-hydroxylation sites is 1. The molecule has 156 valence electrons. The van der Waals surface area contributed by atoms with Gasteiger partial charge in [0.1, 0.15) is 0 Å². The number of alkyl halides is 1. The second kappa shape index (κ2) is 7.78. The van der Waals surface area contributed by atoms with E-state index in [0.29, 0.717) is 5.02 Å². The number of nitrogens with one attached hydrogen (secondary N) is 2. The third kappa shape index (κ3) is 3.64. The van der Waals surface area contributed by atoms with E-state index < -0.39 is 0 Å². The summed E-state index contributed by atoms with van der Waals surface area (Å²) in [5, 5.41) is 7.69. The van der Waals surface area contributed by atoms with Gasteiger partial charge in [0, 0.05) is 22.5 Å². The summed E-state index contributed by atoms with van der Waals surface area (Å²) in [6, 6.07) is 21.0. The van der Waals surface area contributed by atoms with Crippen LogP contribution in [0.1, 0.15) is 31.4 Å². The highest BCUT2D eigenvalue weighted by Gasteiger charge is 2.35. The van der Waals surface area contributed by atoms with E-state index in [9.17, 15) is 0 Å². The minimum atomic E-state index is -0.109. The van der Waals surface area contributed by atoms with Gasteiger partial charge in [-0.15, -0.1) is 11.6 Å². The molecule has 0 amide bonds. The Labute approximate surface area is 193 Å². The lowest BCUT2D eigenvalue weighted by molar-refractivity contribution is 0.661. The summed E-state index contributed by atoms with van der Waals surface area (Å²) in [5.41, 5.74) is 9.16. The third-order valence-electron chi connectivity index (χ3n) is 6.21. The summed E-state index contributed by atoms with van der Waals surface area (Å²) < 4.78 is 0. The molecular formula is C27H24Cl2N2. The van der Waals surface area contributed by atoms with E-state index in [1.54, 1.807) is 0 Å². The largest absolute Gasteiger partial charge is 0.358 e. The zero-order chi connectivity index (χ0) is 21.6. The topological polar surface area (TPSA) is 24.1 Å². The summed E-state index contributed by atoms with van der Waals surface area (Å²) >= 11 is 12.8. The van der Waals surface area contributed by atoms with E-state index in [0.717, 1.165) is 29.2 Å². The van der Waals surface area contributed by atoms with E-state index in [1.165, 1.54) is 22.3 Å². The van der Waals surface area contributed by atoms with Crippen molar-refractivity contribution < 1.29 is 0 Å². The average Bonchev–Trinajstić information content (AvgIpc) is 2.98. The van der Waals surface area contributed by atoms with Crippen molar-refractivity contribution in [3.63, 3.8) is 0 Å². The summed E-state index contributed by atoms with van der Waals surface area (Å²) in [5.74, 6) is 0. The number of anilines is 3. The van der Waals surface area contributed by atoms with Gasteiger partial charge in [-0.3, -0.25) is 0 Å². The highest BCUT2D eigenvalue weighted by molar-refractivity contribution is 6.33. The highest BCUT2D eigenvalue weighted by Crippen LogP contribution is 2.50. The molecule has 0 fully saturated rings. The first kappa shape index (κ1) is 20.2. The molecule has 0 radical (unpaired) electrons. The van der Waals surface area contributed by atoms with Crippen LogP contribution in [-0.4, -0.2) is 5.38 Å². The third-order valence-corrected chi connectivity index (χ3v) is 6.95. The van der Waals surface area contributed by atoms with Gasteiger partial charge in [0.15, 0.2) is 0 Å². The standard InChI is InChI=1S/C27H24Cl2N2/c1-27(2)21-15-17(30-25-9-5-3-7-23(25)28)11-13-19(21)20-14-12-18(16-22(20)27)31-26-10-6-4-8-24(26)29/h3-7,9-16,24,30-31H,8H2,1-2H3. The molecule has 2 aliphatic rings. The molecule has 0 spiro atoms. The van der Waals surface area contributed by atoms with Gasteiger partial charge in [-0.25, -0.2) is 0 Å². The van der Waals surface area contributed by atoms with Gasteiger partial charge in [0.2, 0.25) is 0 Å². The Morgan fingerprint density at radius 2 is 1.52 bits per heavy atom. The maximum atomic E-state index is 6.48. The van der Waals surface area contributed by atoms with Crippen molar-refractivity contribution in [2.45, 2.75) is 31.1 Å². The van der Waals surface area contributed by atoms with Crippen LogP contribution in [0.4, 0.5) is 17.1 Å². The van der Waals surface area contributed by atoms with Gasteiger partial charge in [-0.05, 0) is 71.1 Å². The predicted molar refractivity (Wildman–Crippen MR) is 134 cm³/mol. The molecule has 2 N–H and O–H groups in total. The van der Waals surface area contributed by atoms with Crippen LogP contribution in [0.2, 0.25) is 5.02 Å². The van der Waals surface area contributed by atoms with Crippen molar-refractivity contribution in [2.75, 3.05) is 10.6 Å². The molecule has 4 heteroatoms. The van der Waals surface area contributed by atoms with Gasteiger partial charge >= 0.3 is 0 Å². The summed E-state index contributed by atoms with van der Waals surface area (Å²) in [7, 11) is 0. The summed E-state index contributed by atoms with van der Waals surface area (Å²) in [6.07, 6.45) is 7.06. The van der Waals surface area contributed by atoms with Crippen LogP contribution in [0, 0.1) is 0 Å². The predicted octanol–water partition coefficient (Wildman–Crippen LogP) is 8.25. The number of benzene rings is 3. The van der Waals surface area contributed by atoms with Crippen LogP contribution >= 0.6 is 23.2 Å². The lowest BCUT2D eigenvalue weighted by atomic mass is 9.82. The van der Waals surface area contributed by atoms with Crippen molar-refractivity contribution >= 4 is 40.3 Å². The molecule has 31 heavy (non-hydrogen) atoms. The SMILES string of the molecule is CC1(C)c2cc(NC3=CC=CCC3Cl)ccc2-c2ccc(Nc3ccccc3Cl)cc21. The van der Waals surface area contributed by atoms with Gasteiger partial charge in [0.05, 0.1) is 16.1 Å². The average molecular weight is 447 g/mol. The van der Waals surface area contributed by atoms with Crippen molar-refractivity contribution in [3.8, 4) is 11.1 Å². The number of allylic oxidation sites excluding steroid dienone is 4. The molecule has 0 aliphatic heterocycles. The molecule has 1 unspecified atom stereocenters. The molecule has 5 rings (SSSR count). The molecule has 2 aliphatic carbocycles. The van der Waals surface area contributed by atoms with Crippen LogP contribution in [0.25, 0.3) is 11.1 Å². The van der Waals surface area contributed by atoms with Gasteiger partial charge < -0.3 is 10.6 Å². The van der Waals surface area contributed by atoms with Crippen LogP contribution in [0.3, 0.4) is 0 Å². The Morgan fingerprint density at radius 1 is 0.871 bits per heavy atom. The minimum Gasteiger partial charge on any atom is -0.358 e. The van der Waals surface area contributed by atoms with E-state index in [-0.39, 0.29) is 10.8 Å². The number of halogens is 2. The number of hydrogen-bond acceptors (Lipinski definition) is 2. The van der Waals surface area contributed by atoms with Crippen LogP contribution in [0.5, 0.6) is 0 Å². The molecule has 3 aromatic rings. The first-order valence-corrected chi connectivity index (χ1v) is 11.3. The van der Waals surface area contributed by atoms with Crippen LogP contribution < -0.4 is 10.6 Å². The maximum Gasteiger partial charge on any atom is 0.0769 e. The molecule has 1 atom stereocenters. The molecule has 0 saturated heterocycles. The Bertz CT molecular complexity index is 1220. The van der Waals surface area contributed by atoms with Gasteiger partial charge in [-0.1, -0.05) is 61.9 Å². The Morgan fingerprint density at radius 3 is 2.16 bits per heavy atom. The molecule has 0 heterocycles. The first-order chi connectivity index (χ1) is 14.9. The quantitative estimate of drug-likeness (QED) is 0.394. The monoisotopic (exact) mass is 446 g/mol. The Balaban J connectivity index is 1.48. The van der Waals surface area contributed by atoms with Crippen molar-refractivity contribution in [1.29, 1.82) is 0 Å². The number of fused-ring (bicyclic) bond motifs is 3. The second-order valence-corrected chi connectivity index (χ2v) is 9.56. The Kier molecular flexibility index (Phi) is 5.08. The van der Waals surface area contributed by atoms with Crippen molar-refractivity contribution in [3.05, 3.63) is 101 Å². The fourth-order valence-corrected chi connectivity index (χ4v) is 4.91. The number of rotatable bonds is 4. The molecule has 0 saturated carbocycles. The molecule has 0 bridgehead atoms. The zero-order valence-electron chi connectivity index (χ0n) is 17.5. The van der Waals surface area contributed by atoms with Crippen LogP contribution in [-0.2, 0) is 5.41 Å². The molecular weight excluding hydrogens is 423 g/mol. The molecule has 3 aromatic carbocycles. The van der Waals surface area contributed by atoms with E-state index >= 15 is 0 Å². The smallest absolute Gasteiger partial charge is 0.0769 e. The van der Waals surface area contributed by atoms with E-state index in [4.69, 9.17) is 23.2 Å². The van der Waals surface area contributed by atoms with Gasteiger partial charge in [0.25, 0.3) is 0 Å². The normalized spacial score (nSPS) is 18.2. The zero-order valence-corrected chi connectivity index (χ0v) is 19.1. The fourth-order valence-electron chi connectivity index (χ4n) is 4.50. The number of hydrogen-bond donors (Lipinski definition) is 2. The lowest BCUT2D eigenvalue weighted by Crippen LogP contribution is -2.16. The summed E-state index contributed by atoms with van der Waals surface area (Å²) in [6.45, 7) is 4.57. The molecule has 0 aromatic heterocycles. The first-order valence-electron chi connectivity index (χ1n) is 10.5. The highest BCUT2D eigenvalue weighted by atomic mass is 35.5. The van der Waals surface area contributed by atoms with Gasteiger partial charge in [-0.2, -0.15) is 0 Å². The summed E-state index contributed by atoms with van der Waals surface area (Å²) in [4.78, 5) is 0. The molecule has 2 nitrogen and oxygen atoms in total. The van der Waals surface area contributed by atoms with Crippen molar-refractivity contribution in [1.82, 2.24) is 0 Å². The lowest BCUT2D eigenvalue weighted by Gasteiger charge is -2.23. The Hall–Kier alpha value is -2.68. The van der Waals surface area contributed by atoms with E-state index in [2.05, 4.69) is 79.1 Å². The fraction of sp³-hybridized carbons (Fsp3) is 0.185. The van der Waals surface area contributed by atoms with Crippen LogP contribution in [0.15, 0.2) is 84.6 Å². The second-order valence-electron chi connectivity index (χ2n) is 8.63. The van der Waals surface area contributed by atoms with E-state index in [1.807, 2.05) is 24.3 Å². The maximum absolute atomic E-state index is 6.48. The minimum absolute atomic E-state index is 0.0121.